The summed E-state index contributed by atoms with van der Waals surface area (Å²) >= 11 is 0. The second kappa shape index (κ2) is 14.9. The minimum atomic E-state index is -5.01. The van der Waals surface area contributed by atoms with Crippen LogP contribution in [0.4, 0.5) is 23.7 Å². The van der Waals surface area contributed by atoms with Gasteiger partial charge in [-0.3, -0.25) is 4.79 Å². The number of aliphatic hydroxyl groups is 2. The van der Waals surface area contributed by atoms with Gasteiger partial charge in [0.15, 0.2) is 6.10 Å². The lowest BCUT2D eigenvalue weighted by Crippen LogP contribution is -2.38. The molecule has 6 N–H and O–H groups in total. The third-order valence-corrected chi connectivity index (χ3v) is 7.49. The number of hydrogen-bond donors (Lipinski definition) is 5. The molecule has 0 spiro atoms. The Labute approximate surface area is 243 Å². The minimum absolute atomic E-state index is 0.0749. The predicted octanol–water partition coefficient (Wildman–Crippen LogP) is 4.59. The van der Waals surface area contributed by atoms with Gasteiger partial charge >= 0.3 is 12.3 Å². The Morgan fingerprint density at radius 3 is 2.26 bits per heavy atom. The molecule has 1 aromatic rings. The highest BCUT2D eigenvalue weighted by Gasteiger charge is 2.40. The quantitative estimate of drug-likeness (QED) is 0.314. The molecule has 1 aliphatic heterocycles. The highest BCUT2D eigenvalue weighted by molar-refractivity contribution is 6.03. The van der Waals surface area contributed by atoms with Gasteiger partial charge in [-0.2, -0.15) is 13.2 Å². The summed E-state index contributed by atoms with van der Waals surface area (Å²) in [6, 6.07) is 1.74. The Bertz CT molecular complexity index is 1170. The highest BCUT2D eigenvalue weighted by Crippen LogP contribution is 2.44. The smallest absolute Gasteiger partial charge is 0.420 e. The van der Waals surface area contributed by atoms with E-state index in [1.165, 1.54) is 28.1 Å². The fraction of sp³-hybridized carbons (Fsp3) is 0.586. The molecule has 0 unspecified atom stereocenters. The van der Waals surface area contributed by atoms with Gasteiger partial charge in [0.1, 0.15) is 11.3 Å². The lowest BCUT2D eigenvalue weighted by molar-refractivity contribution is -0.140. The Balaban J connectivity index is 2.66. The Morgan fingerprint density at radius 2 is 1.71 bits per heavy atom. The number of ether oxygens (including phenoxy) is 3. The van der Waals surface area contributed by atoms with Crippen molar-refractivity contribution >= 4 is 17.7 Å². The average Bonchev–Trinajstić information content (AvgIpc) is 2.89. The van der Waals surface area contributed by atoms with Gasteiger partial charge in [-0.15, -0.1) is 0 Å². The monoisotopic (exact) mass is 602 g/mol. The molecule has 0 aromatic heterocycles. The third kappa shape index (κ3) is 8.93. The van der Waals surface area contributed by atoms with Crippen molar-refractivity contribution in [2.24, 2.45) is 17.6 Å². The van der Waals surface area contributed by atoms with Gasteiger partial charge < -0.3 is 40.6 Å². The summed E-state index contributed by atoms with van der Waals surface area (Å²) in [6.07, 6.45) is -7.76. The molecule has 2 amide bonds. The molecule has 1 aromatic carbocycles. The topological polar surface area (TPSA) is 161 Å². The zero-order valence-electron chi connectivity index (χ0n) is 24.6. The normalized spacial score (nSPS) is 31.3. The number of aromatic hydroxyl groups is 1. The lowest BCUT2D eigenvalue weighted by atomic mass is 9.85. The van der Waals surface area contributed by atoms with Crippen molar-refractivity contribution in [2.75, 3.05) is 19.5 Å². The van der Waals surface area contributed by atoms with Crippen LogP contribution in [0.5, 0.6) is 5.75 Å². The lowest BCUT2D eigenvalue weighted by Gasteiger charge is -2.31. The van der Waals surface area contributed by atoms with E-state index >= 15 is 0 Å². The third-order valence-electron chi connectivity index (χ3n) is 7.49. The summed E-state index contributed by atoms with van der Waals surface area (Å²) in [4.78, 5) is 24.5. The summed E-state index contributed by atoms with van der Waals surface area (Å²) in [5, 5.41) is 35.0. The maximum atomic E-state index is 14.0. The predicted molar refractivity (Wildman–Crippen MR) is 148 cm³/mol. The van der Waals surface area contributed by atoms with Crippen LogP contribution in [0.3, 0.4) is 0 Å². The van der Waals surface area contributed by atoms with E-state index < -0.39 is 77.4 Å². The zero-order valence-corrected chi connectivity index (χ0v) is 24.6. The number of carbonyl (C=O) groups excluding carboxylic acids is 2. The summed E-state index contributed by atoms with van der Waals surface area (Å²) in [5.41, 5.74) is 3.84. The maximum absolute atomic E-state index is 14.0. The van der Waals surface area contributed by atoms with Gasteiger partial charge in [-0.1, -0.05) is 26.0 Å². The molecule has 0 saturated heterocycles. The van der Waals surface area contributed by atoms with Crippen molar-refractivity contribution in [2.45, 2.75) is 83.7 Å². The van der Waals surface area contributed by atoms with Crippen LogP contribution in [-0.2, 0) is 25.2 Å². The number of phenols is 1. The van der Waals surface area contributed by atoms with Crippen LogP contribution in [0.25, 0.3) is 0 Å². The van der Waals surface area contributed by atoms with Crippen molar-refractivity contribution in [1.82, 2.24) is 0 Å². The fourth-order valence-corrected chi connectivity index (χ4v) is 5.15. The van der Waals surface area contributed by atoms with Crippen LogP contribution in [-0.4, -0.2) is 66.0 Å². The van der Waals surface area contributed by atoms with E-state index in [-0.39, 0.29) is 30.5 Å². The van der Waals surface area contributed by atoms with Crippen LogP contribution >= 0.6 is 0 Å². The minimum Gasteiger partial charge on any atom is -0.507 e. The Kier molecular flexibility index (Phi) is 12.4. The zero-order chi connectivity index (χ0) is 31.9. The van der Waals surface area contributed by atoms with E-state index in [0.29, 0.717) is 5.57 Å². The number of anilines is 1. The second-order valence-electron chi connectivity index (χ2n) is 10.7. The first-order chi connectivity index (χ1) is 19.5. The molecule has 0 fully saturated rings. The number of nitrogens with two attached hydrogens (primary N) is 1. The SMILES string of the molecule is CO[C@H]1C[C@H](C)[C@@H](O)c2cc(cc(O)c2C(F)(F)F)NC(=O)/C(C)=C/CC[C@H](OC)[C@@H](OC(N)=O)/C(C)=C/[C@H](C)[C@H]1O. The Hall–Kier alpha value is -3.13. The molecule has 13 heteroatoms. The molecule has 1 heterocycles. The molecule has 2 rings (SSSR count). The molecule has 236 valence electrons. The number of hydrogen-bond acceptors (Lipinski definition) is 8. The first-order valence-corrected chi connectivity index (χ1v) is 13.5. The van der Waals surface area contributed by atoms with Gasteiger partial charge in [0, 0.05) is 37.5 Å². The molecule has 1 aliphatic rings. The van der Waals surface area contributed by atoms with Crippen LogP contribution in [0.2, 0.25) is 0 Å². The molecule has 10 nitrogen and oxygen atoms in total. The van der Waals surface area contributed by atoms with Crippen LogP contribution in [0.15, 0.2) is 35.4 Å². The van der Waals surface area contributed by atoms with Crippen LogP contribution < -0.4 is 11.1 Å². The molecule has 0 radical (unpaired) electrons. The molecule has 0 aliphatic carbocycles. The average molecular weight is 603 g/mol. The number of halogens is 3. The second-order valence-corrected chi connectivity index (χ2v) is 10.7. The number of alkyl halides is 3. The molecule has 2 bridgehead atoms. The standard InChI is InChI=1S/C29H41F3N2O8/c1-14-8-7-9-21(40-5)26(42-28(33)39)17(4)10-15(2)25(37)22(41-6)11-16(3)24(36)19-12-18(34-27(14)38)13-20(35)23(19)29(30,31)32/h8,10,12-13,15-16,21-22,24-26,35-37H,7,9,11H2,1-6H3,(H2,33,39)(H,34,38)/b14-8+,17-10+/t15-,16-,21-,22-,24+,25+,26-/m0/s1. The van der Waals surface area contributed by atoms with Crippen LogP contribution in [0.1, 0.15) is 64.2 Å². The van der Waals surface area contributed by atoms with E-state index in [1.807, 2.05) is 0 Å². The van der Waals surface area contributed by atoms with Crippen molar-refractivity contribution in [3.63, 3.8) is 0 Å². The van der Waals surface area contributed by atoms with E-state index in [9.17, 15) is 38.1 Å². The van der Waals surface area contributed by atoms with Crippen molar-refractivity contribution < 1.29 is 52.3 Å². The number of benzene rings is 1. The van der Waals surface area contributed by atoms with Crippen LogP contribution in [0, 0.1) is 11.8 Å². The summed E-state index contributed by atoms with van der Waals surface area (Å²) in [6.45, 7) is 6.33. The first kappa shape index (κ1) is 35.1. The first-order valence-electron chi connectivity index (χ1n) is 13.5. The van der Waals surface area contributed by atoms with E-state index in [0.717, 1.165) is 12.1 Å². The van der Waals surface area contributed by atoms with Gasteiger partial charge in [0.05, 0.1) is 24.4 Å². The number of amides is 2. The number of primary amides is 1. The summed E-state index contributed by atoms with van der Waals surface area (Å²) in [5.74, 6) is -3.30. The number of aliphatic hydroxyl groups excluding tert-OH is 2. The summed E-state index contributed by atoms with van der Waals surface area (Å²) < 4.78 is 58.3. The van der Waals surface area contributed by atoms with Gasteiger partial charge in [-0.05, 0) is 56.2 Å². The Morgan fingerprint density at radius 1 is 1.10 bits per heavy atom. The van der Waals surface area contributed by atoms with Crippen molar-refractivity contribution in [3.8, 4) is 5.75 Å². The highest BCUT2D eigenvalue weighted by atomic mass is 19.4. The van der Waals surface area contributed by atoms with E-state index in [4.69, 9.17) is 19.9 Å². The molecular weight excluding hydrogens is 561 g/mol. The largest absolute Gasteiger partial charge is 0.507 e. The van der Waals surface area contributed by atoms with Gasteiger partial charge in [-0.25, -0.2) is 4.79 Å². The number of nitrogens with one attached hydrogen (secondary N) is 1. The maximum Gasteiger partial charge on any atom is 0.420 e. The van der Waals surface area contributed by atoms with Gasteiger partial charge in [0.2, 0.25) is 0 Å². The molecule has 7 atom stereocenters. The molecule has 0 saturated carbocycles. The number of phenolic OH excluding ortho intramolecular Hbond substituents is 1. The number of methoxy groups -OCH3 is 2. The molecular formula is C29H41F3N2O8. The number of carbonyl (C=O) groups is 2. The summed E-state index contributed by atoms with van der Waals surface area (Å²) in [7, 11) is 2.75. The number of rotatable bonds is 3. The van der Waals surface area contributed by atoms with E-state index in [1.54, 1.807) is 26.0 Å². The van der Waals surface area contributed by atoms with Gasteiger partial charge in [0.25, 0.3) is 5.91 Å². The van der Waals surface area contributed by atoms with E-state index in [2.05, 4.69) is 5.32 Å². The van der Waals surface area contributed by atoms with Crippen molar-refractivity contribution in [3.05, 3.63) is 46.6 Å². The number of allylic oxidation sites excluding steroid dienone is 1. The van der Waals surface area contributed by atoms with Crippen molar-refractivity contribution in [1.29, 1.82) is 0 Å². The molecule has 42 heavy (non-hydrogen) atoms. The fourth-order valence-electron chi connectivity index (χ4n) is 5.15. The number of fused-ring (bicyclic) bond motifs is 2.